The van der Waals surface area contributed by atoms with Gasteiger partial charge in [0.15, 0.2) is 0 Å². The van der Waals surface area contributed by atoms with E-state index in [2.05, 4.69) is 0 Å². The van der Waals surface area contributed by atoms with Gasteiger partial charge < -0.3 is 9.47 Å². The highest BCUT2D eigenvalue weighted by Crippen LogP contribution is 2.35. The monoisotopic (exact) mass is 385 g/mol. The largest absolute Gasteiger partial charge is 0.496 e. The summed E-state index contributed by atoms with van der Waals surface area (Å²) in [5.41, 5.74) is 0.793. The predicted octanol–water partition coefficient (Wildman–Crippen LogP) is 3.84. The summed E-state index contributed by atoms with van der Waals surface area (Å²) in [5.74, 6) is -0.374. The molecule has 0 bridgehead atoms. The maximum absolute atomic E-state index is 12.6. The molecule has 140 valence electrons. The van der Waals surface area contributed by atoms with Crippen LogP contribution in [0, 0.1) is 0 Å². The van der Waals surface area contributed by atoms with Crippen molar-refractivity contribution in [1.29, 1.82) is 0 Å². The lowest BCUT2D eigenvalue weighted by atomic mass is 10.0. The Bertz CT molecular complexity index is 951. The lowest BCUT2D eigenvalue weighted by Crippen LogP contribution is -2.35. The van der Waals surface area contributed by atoms with Gasteiger partial charge in [-0.05, 0) is 48.7 Å². The lowest BCUT2D eigenvalue weighted by Gasteiger charge is -2.13. The molecule has 1 fully saturated rings. The molecular formula is C20H19NO5S. The van der Waals surface area contributed by atoms with E-state index < -0.39 is 17.1 Å². The minimum absolute atomic E-state index is 0.271. The van der Waals surface area contributed by atoms with E-state index in [9.17, 15) is 14.4 Å². The number of methoxy groups -OCH3 is 1. The summed E-state index contributed by atoms with van der Waals surface area (Å²) < 4.78 is 10.4. The van der Waals surface area contributed by atoms with Crippen molar-refractivity contribution in [1.82, 2.24) is 4.90 Å². The molecule has 0 N–H and O–H groups in total. The molecule has 0 unspecified atom stereocenters. The van der Waals surface area contributed by atoms with E-state index in [0.29, 0.717) is 0 Å². The fraction of sp³-hybridized carbons (Fsp3) is 0.250. The molecule has 1 heterocycles. The maximum atomic E-state index is 12.6. The lowest BCUT2D eigenvalue weighted by molar-refractivity contribution is -0.149. The first-order chi connectivity index (χ1) is 12.9. The third kappa shape index (κ3) is 3.98. The molecule has 0 radical (unpaired) electrons. The topological polar surface area (TPSA) is 72.9 Å². The van der Waals surface area contributed by atoms with Crippen molar-refractivity contribution in [2.24, 2.45) is 0 Å². The Morgan fingerprint density at radius 3 is 2.52 bits per heavy atom. The molecule has 3 rings (SSSR count). The van der Waals surface area contributed by atoms with E-state index >= 15 is 0 Å². The summed E-state index contributed by atoms with van der Waals surface area (Å²) in [6.07, 6.45) is 1.36. The molecule has 0 aliphatic carbocycles. The number of thioether (sulfide) groups is 1. The van der Waals surface area contributed by atoms with Crippen molar-refractivity contribution in [2.75, 3.05) is 13.7 Å². The minimum Gasteiger partial charge on any atom is -0.496 e. The number of fused-ring (bicyclic) bond motifs is 1. The molecule has 0 saturated carbocycles. The highest BCUT2D eigenvalue weighted by Gasteiger charge is 2.36. The predicted molar refractivity (Wildman–Crippen MR) is 104 cm³/mol. The Morgan fingerprint density at radius 1 is 1.15 bits per heavy atom. The van der Waals surface area contributed by atoms with Crippen molar-refractivity contribution in [3.8, 4) is 5.75 Å². The average Bonchev–Trinajstić information content (AvgIpc) is 2.89. The molecule has 0 spiro atoms. The molecule has 0 aromatic heterocycles. The van der Waals surface area contributed by atoms with Crippen LogP contribution in [0.5, 0.6) is 5.75 Å². The van der Waals surface area contributed by atoms with E-state index in [1.54, 1.807) is 27.0 Å². The number of esters is 1. The zero-order valence-corrected chi connectivity index (χ0v) is 16.0. The van der Waals surface area contributed by atoms with Crippen molar-refractivity contribution in [2.45, 2.75) is 20.0 Å². The first-order valence-corrected chi connectivity index (χ1v) is 9.23. The van der Waals surface area contributed by atoms with Gasteiger partial charge in [-0.1, -0.05) is 30.3 Å². The molecule has 1 aliphatic heterocycles. The number of amides is 2. The summed E-state index contributed by atoms with van der Waals surface area (Å²) >= 11 is 0.816. The molecule has 2 aromatic rings. The molecule has 27 heavy (non-hydrogen) atoms. The van der Waals surface area contributed by atoms with Gasteiger partial charge in [0.05, 0.1) is 18.1 Å². The molecule has 1 aliphatic rings. The van der Waals surface area contributed by atoms with Crippen LogP contribution in [0.1, 0.15) is 19.4 Å². The summed E-state index contributed by atoms with van der Waals surface area (Å²) in [4.78, 5) is 37.7. The number of benzene rings is 2. The van der Waals surface area contributed by atoms with Crippen LogP contribution in [0.25, 0.3) is 16.8 Å². The van der Waals surface area contributed by atoms with Crippen molar-refractivity contribution in [3.63, 3.8) is 0 Å². The third-order valence-corrected chi connectivity index (χ3v) is 4.86. The maximum Gasteiger partial charge on any atom is 0.326 e. The van der Waals surface area contributed by atoms with Gasteiger partial charge in [-0.2, -0.15) is 0 Å². The minimum atomic E-state index is -0.608. The SMILES string of the molecule is COc1ccc(/C=C2/SC(=O)N(CC(=O)OC(C)C)C2=O)c2ccccc12. The number of hydrogen-bond donors (Lipinski definition) is 0. The fourth-order valence-corrected chi connectivity index (χ4v) is 3.63. The van der Waals surface area contributed by atoms with Gasteiger partial charge in [0, 0.05) is 5.39 Å². The molecular weight excluding hydrogens is 366 g/mol. The van der Waals surface area contributed by atoms with Crippen LogP contribution in [-0.2, 0) is 14.3 Å². The van der Waals surface area contributed by atoms with Crippen LogP contribution in [0.2, 0.25) is 0 Å². The number of imide groups is 1. The number of hydrogen-bond acceptors (Lipinski definition) is 6. The van der Waals surface area contributed by atoms with Crippen LogP contribution in [0.15, 0.2) is 41.3 Å². The second-order valence-electron chi connectivity index (χ2n) is 6.21. The van der Waals surface area contributed by atoms with Gasteiger partial charge in [-0.25, -0.2) is 0 Å². The van der Waals surface area contributed by atoms with Crippen molar-refractivity contribution < 1.29 is 23.9 Å². The zero-order valence-electron chi connectivity index (χ0n) is 15.2. The number of nitrogens with zero attached hydrogens (tertiary/aromatic N) is 1. The van der Waals surface area contributed by atoms with Crippen LogP contribution in [0.3, 0.4) is 0 Å². The Morgan fingerprint density at radius 2 is 1.85 bits per heavy atom. The molecule has 6 nitrogen and oxygen atoms in total. The molecule has 0 atom stereocenters. The van der Waals surface area contributed by atoms with Crippen LogP contribution in [-0.4, -0.2) is 41.8 Å². The molecule has 2 amide bonds. The Balaban J connectivity index is 1.90. The zero-order chi connectivity index (χ0) is 19.6. The average molecular weight is 385 g/mol. The van der Waals surface area contributed by atoms with Gasteiger partial charge in [0.2, 0.25) is 0 Å². The molecule has 7 heteroatoms. The van der Waals surface area contributed by atoms with Gasteiger partial charge >= 0.3 is 5.97 Å². The van der Waals surface area contributed by atoms with Crippen molar-refractivity contribution >= 4 is 45.7 Å². The number of ether oxygens (including phenoxy) is 2. The summed E-state index contributed by atoms with van der Waals surface area (Å²) in [6, 6.07) is 11.3. The van der Waals surface area contributed by atoms with Gasteiger partial charge in [-0.15, -0.1) is 0 Å². The van der Waals surface area contributed by atoms with Crippen molar-refractivity contribution in [3.05, 3.63) is 46.9 Å². The molecule has 2 aromatic carbocycles. The van der Waals surface area contributed by atoms with Gasteiger partial charge in [0.25, 0.3) is 11.1 Å². The summed E-state index contributed by atoms with van der Waals surface area (Å²) in [5, 5.41) is 1.33. The van der Waals surface area contributed by atoms with Gasteiger partial charge in [-0.3, -0.25) is 19.3 Å². The Kier molecular flexibility index (Phi) is 5.51. The normalized spacial score (nSPS) is 15.9. The first-order valence-electron chi connectivity index (χ1n) is 8.41. The van der Waals surface area contributed by atoms with Crippen LogP contribution >= 0.6 is 11.8 Å². The second-order valence-corrected chi connectivity index (χ2v) is 7.20. The van der Waals surface area contributed by atoms with Gasteiger partial charge in [0.1, 0.15) is 12.3 Å². The van der Waals surface area contributed by atoms with E-state index in [4.69, 9.17) is 9.47 Å². The summed E-state index contributed by atoms with van der Waals surface area (Å²) in [6.45, 7) is 3.03. The van der Waals surface area contributed by atoms with Crippen LogP contribution in [0.4, 0.5) is 4.79 Å². The van der Waals surface area contributed by atoms with E-state index in [1.165, 1.54) is 0 Å². The first kappa shape index (κ1) is 19.0. The number of carbonyl (C=O) groups excluding carboxylic acids is 3. The standard InChI is InChI=1S/C20H19NO5S/c1-12(2)26-18(22)11-21-19(23)17(27-20(21)24)10-13-8-9-16(25-3)15-7-5-4-6-14(13)15/h4-10,12H,11H2,1-3H3/b17-10+. The summed E-state index contributed by atoms with van der Waals surface area (Å²) in [7, 11) is 1.60. The number of rotatable bonds is 5. The van der Waals surface area contributed by atoms with E-state index in [0.717, 1.165) is 38.7 Å². The Hall–Kier alpha value is -2.80. The smallest absolute Gasteiger partial charge is 0.326 e. The number of carbonyl (C=O) groups is 3. The quantitative estimate of drug-likeness (QED) is 0.575. The highest BCUT2D eigenvalue weighted by molar-refractivity contribution is 8.18. The highest BCUT2D eigenvalue weighted by atomic mass is 32.2. The fourth-order valence-electron chi connectivity index (χ4n) is 2.81. The van der Waals surface area contributed by atoms with Crippen LogP contribution < -0.4 is 4.74 Å². The van der Waals surface area contributed by atoms with E-state index in [1.807, 2.05) is 36.4 Å². The Labute approximate surface area is 161 Å². The molecule has 1 saturated heterocycles. The third-order valence-electron chi connectivity index (χ3n) is 3.95. The second kappa shape index (κ2) is 7.84. The van der Waals surface area contributed by atoms with E-state index in [-0.39, 0.29) is 17.6 Å².